The van der Waals surface area contributed by atoms with Gasteiger partial charge >= 0.3 is 0 Å². The predicted octanol–water partition coefficient (Wildman–Crippen LogP) is 0.362. The molecule has 2 aromatic heterocycles. The van der Waals surface area contributed by atoms with Crippen LogP contribution in [0.3, 0.4) is 0 Å². The number of carbonyl (C=O) groups excluding carboxylic acids is 1. The summed E-state index contributed by atoms with van der Waals surface area (Å²) in [5, 5.41) is 4.44. The van der Waals surface area contributed by atoms with Gasteiger partial charge in [0.25, 0.3) is 5.56 Å². The number of piperazine rings is 1. The standard InChI is InChI=1S/C20H24N6O4S/c1-15-3-5-16(6-4-15)31(29,30)26-11-9-24(10-12-26)18(27)7-8-25-14-21-19-17(20(25)28)13-22-23(19)2/h3-6,13-14H,7-12H2,1-2H3. The Morgan fingerprint density at radius 2 is 1.77 bits per heavy atom. The van der Waals surface area contributed by atoms with E-state index in [2.05, 4.69) is 10.1 Å². The lowest BCUT2D eigenvalue weighted by molar-refractivity contribution is -0.132. The number of benzene rings is 1. The van der Waals surface area contributed by atoms with E-state index >= 15 is 0 Å². The number of fused-ring (bicyclic) bond motifs is 1. The fraction of sp³-hybridized carbons (Fsp3) is 0.400. The first kappa shape index (κ1) is 21.2. The van der Waals surface area contributed by atoms with Gasteiger partial charge in [0.2, 0.25) is 15.9 Å². The highest BCUT2D eigenvalue weighted by atomic mass is 32.2. The summed E-state index contributed by atoms with van der Waals surface area (Å²) in [6, 6.07) is 6.75. The summed E-state index contributed by atoms with van der Waals surface area (Å²) in [6.07, 6.45) is 3.03. The van der Waals surface area contributed by atoms with Gasteiger partial charge in [-0.05, 0) is 19.1 Å². The quantitative estimate of drug-likeness (QED) is 0.562. The zero-order valence-electron chi connectivity index (χ0n) is 17.4. The molecule has 1 amide bonds. The monoisotopic (exact) mass is 444 g/mol. The van der Waals surface area contributed by atoms with Crippen LogP contribution in [0.4, 0.5) is 0 Å². The van der Waals surface area contributed by atoms with Crippen LogP contribution in [0.15, 0.2) is 46.5 Å². The van der Waals surface area contributed by atoms with E-state index in [4.69, 9.17) is 0 Å². The molecule has 164 valence electrons. The highest BCUT2D eigenvalue weighted by Gasteiger charge is 2.30. The molecule has 1 aliphatic heterocycles. The molecule has 0 radical (unpaired) electrons. The van der Waals surface area contributed by atoms with Gasteiger partial charge in [-0.1, -0.05) is 17.7 Å². The first-order valence-corrected chi connectivity index (χ1v) is 11.4. The number of hydrogen-bond donors (Lipinski definition) is 0. The lowest BCUT2D eigenvalue weighted by atomic mass is 10.2. The summed E-state index contributed by atoms with van der Waals surface area (Å²) >= 11 is 0. The van der Waals surface area contributed by atoms with Gasteiger partial charge in [-0.25, -0.2) is 13.4 Å². The minimum Gasteiger partial charge on any atom is -0.340 e. The van der Waals surface area contributed by atoms with Gasteiger partial charge < -0.3 is 4.90 Å². The van der Waals surface area contributed by atoms with Crippen molar-refractivity contribution in [2.24, 2.45) is 7.05 Å². The number of aryl methyl sites for hydroxylation is 3. The van der Waals surface area contributed by atoms with Crippen molar-refractivity contribution >= 4 is 27.0 Å². The fourth-order valence-electron chi connectivity index (χ4n) is 3.64. The molecule has 31 heavy (non-hydrogen) atoms. The Bertz CT molecular complexity index is 1270. The van der Waals surface area contributed by atoms with Gasteiger partial charge in [0.05, 0.1) is 17.4 Å². The first-order valence-electron chi connectivity index (χ1n) is 9.99. The van der Waals surface area contributed by atoms with Crippen LogP contribution >= 0.6 is 0 Å². The highest BCUT2D eigenvalue weighted by molar-refractivity contribution is 7.89. The minimum absolute atomic E-state index is 0.120. The topological polar surface area (TPSA) is 110 Å². The third kappa shape index (κ3) is 4.10. The minimum atomic E-state index is -3.57. The molecule has 0 N–H and O–H groups in total. The van der Waals surface area contributed by atoms with Gasteiger partial charge in [-0.15, -0.1) is 0 Å². The van der Waals surface area contributed by atoms with Crippen LogP contribution in [0, 0.1) is 6.92 Å². The molecule has 11 heteroatoms. The van der Waals surface area contributed by atoms with Crippen LogP contribution in [0.1, 0.15) is 12.0 Å². The van der Waals surface area contributed by atoms with Crippen molar-refractivity contribution in [1.82, 2.24) is 28.5 Å². The second-order valence-electron chi connectivity index (χ2n) is 7.60. The molecule has 1 saturated heterocycles. The molecular weight excluding hydrogens is 420 g/mol. The number of carbonyl (C=O) groups is 1. The maximum absolute atomic E-state index is 12.8. The molecule has 3 aromatic rings. The summed E-state index contributed by atoms with van der Waals surface area (Å²) in [7, 11) is -1.86. The van der Waals surface area contributed by atoms with Crippen LogP contribution in [-0.4, -0.2) is 69.0 Å². The second-order valence-corrected chi connectivity index (χ2v) is 9.53. The number of rotatable bonds is 5. The van der Waals surface area contributed by atoms with E-state index in [0.29, 0.717) is 24.1 Å². The summed E-state index contributed by atoms with van der Waals surface area (Å²) < 4.78 is 29.9. The fourth-order valence-corrected chi connectivity index (χ4v) is 5.06. The Kier molecular flexibility index (Phi) is 5.63. The Labute approximate surface area is 179 Å². The molecule has 1 fully saturated rings. The highest BCUT2D eigenvalue weighted by Crippen LogP contribution is 2.18. The zero-order valence-corrected chi connectivity index (χ0v) is 18.2. The molecular formula is C20H24N6O4S. The summed E-state index contributed by atoms with van der Waals surface area (Å²) in [4.78, 5) is 31.3. The summed E-state index contributed by atoms with van der Waals surface area (Å²) in [5.74, 6) is -0.120. The van der Waals surface area contributed by atoms with Crippen molar-refractivity contribution in [2.75, 3.05) is 26.2 Å². The molecule has 0 aliphatic carbocycles. The van der Waals surface area contributed by atoms with Crippen molar-refractivity contribution in [3.63, 3.8) is 0 Å². The van der Waals surface area contributed by atoms with Gasteiger partial charge in [-0.2, -0.15) is 9.40 Å². The van der Waals surface area contributed by atoms with Gasteiger partial charge in [0.1, 0.15) is 5.39 Å². The smallest absolute Gasteiger partial charge is 0.264 e. The molecule has 1 aromatic carbocycles. The van der Waals surface area contributed by atoms with E-state index in [1.165, 1.54) is 26.1 Å². The van der Waals surface area contributed by atoms with E-state index in [9.17, 15) is 18.0 Å². The predicted molar refractivity (Wildman–Crippen MR) is 114 cm³/mol. The van der Waals surface area contributed by atoms with E-state index in [1.54, 1.807) is 36.2 Å². The normalized spacial score (nSPS) is 15.5. The third-order valence-electron chi connectivity index (χ3n) is 5.53. The Morgan fingerprint density at radius 3 is 2.45 bits per heavy atom. The average molecular weight is 445 g/mol. The number of amides is 1. The van der Waals surface area contributed by atoms with Crippen LogP contribution < -0.4 is 5.56 Å². The van der Waals surface area contributed by atoms with Crippen molar-refractivity contribution in [1.29, 1.82) is 0 Å². The SMILES string of the molecule is Cc1ccc(S(=O)(=O)N2CCN(C(=O)CCn3cnc4c(cnn4C)c3=O)CC2)cc1. The lowest BCUT2D eigenvalue weighted by Gasteiger charge is -2.34. The van der Waals surface area contributed by atoms with Gasteiger partial charge in [-0.3, -0.25) is 18.8 Å². The number of sulfonamides is 1. The van der Waals surface area contributed by atoms with Crippen molar-refractivity contribution in [3.8, 4) is 0 Å². The van der Waals surface area contributed by atoms with E-state index < -0.39 is 10.0 Å². The average Bonchev–Trinajstić information content (AvgIpc) is 3.15. The van der Waals surface area contributed by atoms with Gasteiger partial charge in [0.15, 0.2) is 5.65 Å². The molecule has 4 rings (SSSR count). The lowest BCUT2D eigenvalue weighted by Crippen LogP contribution is -2.50. The maximum atomic E-state index is 12.8. The van der Waals surface area contributed by atoms with Crippen LogP contribution in [0.2, 0.25) is 0 Å². The first-order chi connectivity index (χ1) is 14.8. The third-order valence-corrected chi connectivity index (χ3v) is 7.45. The molecule has 0 unspecified atom stereocenters. The van der Waals surface area contributed by atoms with E-state index in [0.717, 1.165) is 5.56 Å². The van der Waals surface area contributed by atoms with E-state index in [-0.39, 0.29) is 42.4 Å². The number of aromatic nitrogens is 4. The largest absolute Gasteiger partial charge is 0.340 e. The molecule has 0 spiro atoms. The number of nitrogens with zero attached hydrogens (tertiary/aromatic N) is 6. The van der Waals surface area contributed by atoms with Crippen molar-refractivity contribution < 1.29 is 13.2 Å². The molecule has 0 atom stereocenters. The van der Waals surface area contributed by atoms with Crippen molar-refractivity contribution in [3.05, 3.63) is 52.7 Å². The van der Waals surface area contributed by atoms with Crippen LogP contribution in [-0.2, 0) is 28.4 Å². The maximum Gasteiger partial charge on any atom is 0.264 e. The van der Waals surface area contributed by atoms with Gasteiger partial charge in [0, 0.05) is 46.2 Å². The van der Waals surface area contributed by atoms with E-state index in [1.807, 2.05) is 6.92 Å². The summed E-state index contributed by atoms with van der Waals surface area (Å²) in [5.41, 5.74) is 1.25. The molecule has 10 nitrogen and oxygen atoms in total. The van der Waals surface area contributed by atoms with Crippen molar-refractivity contribution in [2.45, 2.75) is 24.8 Å². The number of hydrogen-bond acceptors (Lipinski definition) is 6. The second kappa shape index (κ2) is 8.23. The molecule has 0 bridgehead atoms. The Morgan fingerprint density at radius 1 is 1.10 bits per heavy atom. The molecule has 1 aliphatic rings. The zero-order chi connectivity index (χ0) is 22.2. The van der Waals surface area contributed by atoms with Crippen LogP contribution in [0.5, 0.6) is 0 Å². The van der Waals surface area contributed by atoms with Crippen LogP contribution in [0.25, 0.3) is 11.0 Å². The Balaban J connectivity index is 1.36. The molecule has 0 saturated carbocycles. The summed E-state index contributed by atoms with van der Waals surface area (Å²) in [6.45, 7) is 3.23. The molecule has 3 heterocycles. The Hall–Kier alpha value is -3.05.